The molecule has 34 heavy (non-hydrogen) atoms. The summed E-state index contributed by atoms with van der Waals surface area (Å²) in [6, 6.07) is 18.2. The van der Waals surface area contributed by atoms with E-state index in [0.29, 0.717) is 17.2 Å². The number of benzene rings is 3. The predicted molar refractivity (Wildman–Crippen MR) is 136 cm³/mol. The molecule has 0 saturated heterocycles. The highest BCUT2D eigenvalue weighted by Gasteiger charge is 2.16. The van der Waals surface area contributed by atoms with E-state index in [9.17, 15) is 13.2 Å². The van der Waals surface area contributed by atoms with E-state index in [4.69, 9.17) is 21.1 Å². The Morgan fingerprint density at radius 1 is 1.06 bits per heavy atom. The maximum atomic E-state index is 12.6. The van der Waals surface area contributed by atoms with Crippen LogP contribution in [-0.2, 0) is 14.8 Å². The summed E-state index contributed by atoms with van der Waals surface area (Å²) < 4.78 is 38.3. The molecule has 0 spiro atoms. The molecule has 0 bridgehead atoms. The minimum atomic E-state index is -3.84. The van der Waals surface area contributed by atoms with Gasteiger partial charge in [-0.3, -0.25) is 9.52 Å². The van der Waals surface area contributed by atoms with Crippen LogP contribution in [0.4, 0.5) is 5.69 Å². The number of rotatable bonds is 10. The second kappa shape index (κ2) is 11.5. The number of carbonyl (C=O) groups excluding carboxylic acids is 1. The van der Waals surface area contributed by atoms with Crippen molar-refractivity contribution in [3.63, 3.8) is 0 Å². The maximum absolute atomic E-state index is 12.6. The maximum Gasteiger partial charge on any atom is 0.261 e. The number of ether oxygens (including phenoxy) is 2. The fraction of sp³-hybridized carbons (Fsp3) is 0.208. The summed E-state index contributed by atoms with van der Waals surface area (Å²) >= 11 is 7.71. The summed E-state index contributed by atoms with van der Waals surface area (Å²) in [4.78, 5) is 13.5. The number of sulfonamides is 1. The van der Waals surface area contributed by atoms with Gasteiger partial charge in [0.1, 0.15) is 11.5 Å². The third-order valence-corrected chi connectivity index (χ3v) is 7.34. The molecule has 3 aromatic carbocycles. The molecule has 180 valence electrons. The largest absolute Gasteiger partial charge is 0.495 e. The Morgan fingerprint density at radius 2 is 1.74 bits per heavy atom. The Balaban J connectivity index is 1.55. The van der Waals surface area contributed by atoms with Gasteiger partial charge >= 0.3 is 0 Å². The monoisotopic (exact) mass is 520 g/mol. The first kappa shape index (κ1) is 25.7. The van der Waals surface area contributed by atoms with E-state index in [1.165, 1.54) is 37.4 Å². The Morgan fingerprint density at radius 3 is 2.32 bits per heavy atom. The molecule has 7 nitrogen and oxygen atoms in total. The number of amides is 1. The van der Waals surface area contributed by atoms with Crippen LogP contribution in [0, 0.1) is 0 Å². The van der Waals surface area contributed by atoms with Crippen molar-refractivity contribution in [2.45, 2.75) is 22.8 Å². The van der Waals surface area contributed by atoms with Crippen LogP contribution in [0.25, 0.3) is 0 Å². The van der Waals surface area contributed by atoms with E-state index in [1.807, 2.05) is 37.4 Å². The molecular formula is C24H25ClN2O5S2. The van der Waals surface area contributed by atoms with Crippen molar-refractivity contribution in [1.82, 2.24) is 5.32 Å². The highest BCUT2D eigenvalue weighted by Crippen LogP contribution is 2.28. The van der Waals surface area contributed by atoms with E-state index in [-0.39, 0.29) is 28.5 Å². The molecule has 0 heterocycles. The molecule has 0 aromatic heterocycles. The van der Waals surface area contributed by atoms with Gasteiger partial charge in [0.05, 0.1) is 28.8 Å². The third-order valence-electron chi connectivity index (χ3n) is 4.90. The molecule has 2 N–H and O–H groups in total. The molecule has 3 rings (SSSR count). The number of hydrogen-bond donors (Lipinski definition) is 2. The lowest BCUT2D eigenvalue weighted by Crippen LogP contribution is -2.31. The number of nitrogens with one attached hydrogen (secondary N) is 2. The molecule has 10 heteroatoms. The zero-order chi connectivity index (χ0) is 24.7. The van der Waals surface area contributed by atoms with Gasteiger partial charge in [-0.15, -0.1) is 11.8 Å². The van der Waals surface area contributed by atoms with Gasteiger partial charge in [-0.25, -0.2) is 8.42 Å². The quantitative estimate of drug-likeness (QED) is 0.360. The molecule has 0 fully saturated rings. The van der Waals surface area contributed by atoms with Crippen LogP contribution in [0.5, 0.6) is 11.5 Å². The van der Waals surface area contributed by atoms with Crippen molar-refractivity contribution >= 4 is 45.0 Å². The Labute approximate surface area is 208 Å². The van der Waals surface area contributed by atoms with Crippen molar-refractivity contribution in [2.24, 2.45) is 0 Å². The summed E-state index contributed by atoms with van der Waals surface area (Å²) in [5.41, 5.74) is 1.30. The van der Waals surface area contributed by atoms with Gasteiger partial charge in [-0.05, 0) is 73.3 Å². The predicted octanol–water partition coefficient (Wildman–Crippen LogP) is 5.13. The summed E-state index contributed by atoms with van der Waals surface area (Å²) in [6.07, 6.45) is 2.01. The molecule has 0 saturated carbocycles. The SMILES string of the molecule is COc1ccc(NS(=O)(=O)c2ccc(OCC(=O)N[C@@H](C)c3ccc(SC)cc3)cc2)cc1Cl. The van der Waals surface area contributed by atoms with E-state index < -0.39 is 10.0 Å². The van der Waals surface area contributed by atoms with Gasteiger partial charge in [0.15, 0.2) is 6.61 Å². The normalized spacial score (nSPS) is 12.0. The molecule has 1 atom stereocenters. The van der Waals surface area contributed by atoms with Gasteiger partial charge in [0, 0.05) is 4.90 Å². The first-order valence-electron chi connectivity index (χ1n) is 10.2. The van der Waals surface area contributed by atoms with Gasteiger partial charge in [-0.1, -0.05) is 23.7 Å². The Bertz CT molecular complexity index is 1230. The smallest absolute Gasteiger partial charge is 0.261 e. The average Bonchev–Trinajstić information content (AvgIpc) is 2.83. The first-order chi connectivity index (χ1) is 16.2. The van der Waals surface area contributed by atoms with Crippen molar-refractivity contribution in [1.29, 1.82) is 0 Å². The second-order valence-corrected chi connectivity index (χ2v) is 10.2. The summed E-state index contributed by atoms with van der Waals surface area (Å²) in [6.45, 7) is 1.70. The molecule has 0 radical (unpaired) electrons. The Kier molecular flexibility index (Phi) is 8.71. The van der Waals surface area contributed by atoms with Crippen LogP contribution in [0.2, 0.25) is 5.02 Å². The first-order valence-corrected chi connectivity index (χ1v) is 13.3. The van der Waals surface area contributed by atoms with Gasteiger partial charge < -0.3 is 14.8 Å². The number of anilines is 1. The minimum absolute atomic E-state index is 0.0403. The molecule has 1 amide bonds. The van der Waals surface area contributed by atoms with Crippen molar-refractivity contribution in [3.05, 3.63) is 77.3 Å². The molecule has 0 aliphatic heterocycles. The minimum Gasteiger partial charge on any atom is -0.495 e. The lowest BCUT2D eigenvalue weighted by molar-refractivity contribution is -0.123. The highest BCUT2D eigenvalue weighted by atomic mass is 35.5. The number of halogens is 1. The van der Waals surface area contributed by atoms with E-state index in [2.05, 4.69) is 10.0 Å². The van der Waals surface area contributed by atoms with E-state index >= 15 is 0 Å². The van der Waals surface area contributed by atoms with Gasteiger partial charge in [-0.2, -0.15) is 0 Å². The fourth-order valence-electron chi connectivity index (χ4n) is 3.07. The second-order valence-electron chi connectivity index (χ2n) is 7.28. The topological polar surface area (TPSA) is 93.7 Å². The standard InChI is InChI=1S/C24H25ClN2O5S2/c1-16(17-4-9-20(33-3)10-5-17)26-24(28)15-32-19-7-11-21(12-8-19)34(29,30)27-18-6-13-23(31-2)22(25)14-18/h4-14,16,27H,15H2,1-3H3,(H,26,28)/t16-/m0/s1. The summed E-state index contributed by atoms with van der Waals surface area (Å²) in [5.74, 6) is 0.535. The lowest BCUT2D eigenvalue weighted by Gasteiger charge is -2.15. The van der Waals surface area contributed by atoms with Crippen molar-refractivity contribution in [2.75, 3.05) is 24.7 Å². The van der Waals surface area contributed by atoms with E-state index in [1.54, 1.807) is 23.9 Å². The van der Waals surface area contributed by atoms with Crippen LogP contribution in [0.15, 0.2) is 76.5 Å². The fourth-order valence-corrected chi connectivity index (χ4v) is 4.78. The van der Waals surface area contributed by atoms with Crippen LogP contribution < -0.4 is 19.5 Å². The number of carbonyl (C=O) groups is 1. The Hall–Kier alpha value is -2.88. The average molecular weight is 521 g/mol. The third kappa shape index (κ3) is 6.82. The van der Waals surface area contributed by atoms with Crippen molar-refractivity contribution in [3.8, 4) is 11.5 Å². The van der Waals surface area contributed by atoms with Crippen LogP contribution in [-0.4, -0.2) is 34.3 Å². The number of methoxy groups -OCH3 is 1. The van der Waals surface area contributed by atoms with Gasteiger partial charge in [0.2, 0.25) is 0 Å². The van der Waals surface area contributed by atoms with Crippen LogP contribution in [0.3, 0.4) is 0 Å². The molecule has 0 unspecified atom stereocenters. The number of hydrogen-bond acceptors (Lipinski definition) is 6. The van der Waals surface area contributed by atoms with Gasteiger partial charge in [0.25, 0.3) is 15.9 Å². The summed E-state index contributed by atoms with van der Waals surface area (Å²) in [7, 11) is -2.36. The zero-order valence-electron chi connectivity index (χ0n) is 18.9. The molecular weight excluding hydrogens is 496 g/mol. The van der Waals surface area contributed by atoms with Crippen LogP contribution >= 0.6 is 23.4 Å². The molecule has 3 aromatic rings. The zero-order valence-corrected chi connectivity index (χ0v) is 21.3. The van der Waals surface area contributed by atoms with Crippen molar-refractivity contribution < 1.29 is 22.7 Å². The number of thioether (sulfide) groups is 1. The molecule has 0 aliphatic rings. The highest BCUT2D eigenvalue weighted by molar-refractivity contribution is 7.98. The summed E-state index contributed by atoms with van der Waals surface area (Å²) in [5, 5.41) is 3.17. The lowest BCUT2D eigenvalue weighted by atomic mass is 10.1. The van der Waals surface area contributed by atoms with E-state index in [0.717, 1.165) is 10.5 Å². The molecule has 0 aliphatic carbocycles. The van der Waals surface area contributed by atoms with Crippen LogP contribution in [0.1, 0.15) is 18.5 Å².